The van der Waals surface area contributed by atoms with Gasteiger partial charge in [-0.2, -0.15) is 0 Å². The average Bonchev–Trinajstić information content (AvgIpc) is 2.65. The molecular weight excluding hydrogens is 366 g/mol. The molecule has 144 valence electrons. The van der Waals surface area contributed by atoms with E-state index < -0.39 is 5.97 Å². The van der Waals surface area contributed by atoms with Crippen LogP contribution >= 0.6 is 11.8 Å². The van der Waals surface area contributed by atoms with Gasteiger partial charge in [-0.25, -0.2) is 4.98 Å². The van der Waals surface area contributed by atoms with Gasteiger partial charge in [-0.3, -0.25) is 14.4 Å². The molecule has 7 nitrogen and oxygen atoms in total. The first kappa shape index (κ1) is 20.7. The number of hydrogen-bond acceptors (Lipinski definition) is 6. The van der Waals surface area contributed by atoms with Gasteiger partial charge in [0.2, 0.25) is 5.91 Å². The molecule has 0 bridgehead atoms. The molecule has 0 radical (unpaired) electrons. The Balaban J connectivity index is 1.92. The number of benzene rings is 1. The van der Waals surface area contributed by atoms with E-state index >= 15 is 0 Å². The Labute approximate surface area is 161 Å². The summed E-state index contributed by atoms with van der Waals surface area (Å²) >= 11 is 1.10. The first-order chi connectivity index (χ1) is 12.9. The third-order valence-electron chi connectivity index (χ3n) is 3.93. The van der Waals surface area contributed by atoms with Gasteiger partial charge in [0.05, 0.1) is 31.0 Å². The molecule has 27 heavy (non-hydrogen) atoms. The predicted octanol–water partition coefficient (Wildman–Crippen LogP) is 2.02. The molecule has 2 aromatic rings. The van der Waals surface area contributed by atoms with Crippen LogP contribution in [-0.2, 0) is 27.2 Å². The van der Waals surface area contributed by atoms with Crippen molar-refractivity contribution < 1.29 is 14.3 Å². The molecule has 1 aromatic heterocycles. The van der Waals surface area contributed by atoms with Gasteiger partial charge in [0, 0.05) is 6.07 Å². The van der Waals surface area contributed by atoms with E-state index in [-0.39, 0.29) is 34.8 Å². The maximum Gasteiger partial charge on any atom is 0.311 e. The number of carbonyl (C=O) groups excluding carboxylic acids is 2. The van der Waals surface area contributed by atoms with E-state index in [2.05, 4.69) is 26.9 Å². The van der Waals surface area contributed by atoms with Crippen molar-refractivity contribution in [1.82, 2.24) is 15.3 Å². The average molecular weight is 389 g/mol. The lowest BCUT2D eigenvalue weighted by molar-refractivity contribution is -0.139. The summed E-state index contributed by atoms with van der Waals surface area (Å²) in [6.45, 7) is 4.01. The van der Waals surface area contributed by atoms with Crippen LogP contribution in [0.3, 0.4) is 0 Å². The van der Waals surface area contributed by atoms with Gasteiger partial charge < -0.3 is 15.0 Å². The summed E-state index contributed by atoms with van der Waals surface area (Å²) in [5.74, 6) is -0.556. The molecule has 1 heterocycles. The van der Waals surface area contributed by atoms with E-state index in [4.69, 9.17) is 0 Å². The lowest BCUT2D eigenvalue weighted by Crippen LogP contribution is -2.28. The first-order valence-corrected chi connectivity index (χ1v) is 9.58. The highest BCUT2D eigenvalue weighted by molar-refractivity contribution is 7.99. The van der Waals surface area contributed by atoms with Crippen LogP contribution in [0.1, 0.15) is 36.7 Å². The number of aryl methyl sites for hydroxylation is 1. The van der Waals surface area contributed by atoms with E-state index in [1.165, 1.54) is 18.7 Å². The van der Waals surface area contributed by atoms with Crippen LogP contribution in [0.5, 0.6) is 0 Å². The normalized spacial score (nSPS) is 11.7. The van der Waals surface area contributed by atoms with E-state index in [0.29, 0.717) is 5.69 Å². The number of thioether (sulfide) groups is 1. The zero-order valence-electron chi connectivity index (χ0n) is 15.6. The van der Waals surface area contributed by atoms with Gasteiger partial charge >= 0.3 is 5.97 Å². The van der Waals surface area contributed by atoms with Gasteiger partial charge in [0.15, 0.2) is 5.16 Å². The molecular formula is C19H23N3O4S. The summed E-state index contributed by atoms with van der Waals surface area (Å²) in [5, 5.41) is 3.21. The smallest absolute Gasteiger partial charge is 0.311 e. The third-order valence-corrected chi connectivity index (χ3v) is 4.80. The number of amides is 1. The molecule has 0 saturated heterocycles. The Hall–Kier alpha value is -2.61. The van der Waals surface area contributed by atoms with E-state index in [9.17, 15) is 14.4 Å². The molecule has 0 aliphatic heterocycles. The highest BCUT2D eigenvalue weighted by Gasteiger charge is 2.12. The summed E-state index contributed by atoms with van der Waals surface area (Å²) in [7, 11) is 1.27. The van der Waals surface area contributed by atoms with Crippen molar-refractivity contribution in [3.05, 3.63) is 57.5 Å². The molecule has 8 heteroatoms. The van der Waals surface area contributed by atoms with Crippen molar-refractivity contribution >= 4 is 23.6 Å². The van der Waals surface area contributed by atoms with Gasteiger partial charge in [0.1, 0.15) is 0 Å². The molecule has 2 N–H and O–H groups in total. The number of aromatic amines is 1. The number of methoxy groups -OCH3 is 1. The Bertz CT molecular complexity index is 849. The van der Waals surface area contributed by atoms with Crippen LogP contribution in [0.25, 0.3) is 0 Å². The van der Waals surface area contributed by atoms with Gasteiger partial charge in [-0.15, -0.1) is 0 Å². The molecule has 1 amide bonds. The predicted molar refractivity (Wildman–Crippen MR) is 104 cm³/mol. The minimum absolute atomic E-state index is 0.0923. The number of nitrogens with zero attached hydrogens (tertiary/aromatic N) is 1. The Kier molecular flexibility index (Phi) is 7.60. The standard InChI is InChI=1S/C19H23N3O4S/c1-4-13-5-7-14(8-6-13)12(2)20-17(24)11-27-19-21-15(9-16(23)22-19)10-18(25)26-3/h5-9,12H,4,10-11H2,1-3H3,(H,20,24)(H,21,22,23)/t12-/m1/s1. The topological polar surface area (TPSA) is 101 Å². The molecule has 2 rings (SSSR count). The Morgan fingerprint density at radius 1 is 1.30 bits per heavy atom. The van der Waals surface area contributed by atoms with Crippen molar-refractivity contribution in [2.24, 2.45) is 0 Å². The van der Waals surface area contributed by atoms with Crippen LogP contribution in [0.2, 0.25) is 0 Å². The number of nitrogens with one attached hydrogen (secondary N) is 2. The van der Waals surface area contributed by atoms with Gasteiger partial charge in [-0.1, -0.05) is 43.0 Å². The first-order valence-electron chi connectivity index (χ1n) is 8.59. The monoisotopic (exact) mass is 389 g/mol. The third kappa shape index (κ3) is 6.56. The second-order valence-electron chi connectivity index (χ2n) is 5.97. The van der Waals surface area contributed by atoms with Crippen molar-refractivity contribution in [3.8, 4) is 0 Å². The molecule has 0 unspecified atom stereocenters. The summed E-state index contributed by atoms with van der Waals surface area (Å²) in [6.07, 6.45) is 0.878. The quantitative estimate of drug-likeness (QED) is 0.407. The van der Waals surface area contributed by atoms with E-state index in [1.807, 2.05) is 31.2 Å². The van der Waals surface area contributed by atoms with E-state index in [1.54, 1.807) is 0 Å². The van der Waals surface area contributed by atoms with Gasteiger partial charge in [0.25, 0.3) is 5.56 Å². The summed E-state index contributed by atoms with van der Waals surface area (Å²) in [6, 6.07) is 9.23. The molecule has 0 aliphatic carbocycles. The van der Waals surface area contributed by atoms with Crippen molar-refractivity contribution in [1.29, 1.82) is 0 Å². The lowest BCUT2D eigenvalue weighted by Gasteiger charge is -2.14. The zero-order chi connectivity index (χ0) is 19.8. The Morgan fingerprint density at radius 2 is 2.00 bits per heavy atom. The zero-order valence-corrected chi connectivity index (χ0v) is 16.4. The highest BCUT2D eigenvalue weighted by Crippen LogP contribution is 2.15. The van der Waals surface area contributed by atoms with Crippen molar-refractivity contribution in [3.63, 3.8) is 0 Å². The molecule has 0 fully saturated rings. The van der Waals surface area contributed by atoms with E-state index in [0.717, 1.165) is 23.7 Å². The minimum atomic E-state index is -0.482. The molecule has 0 saturated carbocycles. The fourth-order valence-electron chi connectivity index (χ4n) is 2.40. The second-order valence-corrected chi connectivity index (χ2v) is 6.93. The fourth-order valence-corrected chi connectivity index (χ4v) is 3.11. The number of esters is 1. The lowest BCUT2D eigenvalue weighted by atomic mass is 10.1. The number of rotatable bonds is 8. The summed E-state index contributed by atoms with van der Waals surface area (Å²) in [4.78, 5) is 41.9. The number of ether oxygens (including phenoxy) is 1. The highest BCUT2D eigenvalue weighted by atomic mass is 32.2. The van der Waals surface area contributed by atoms with Crippen LogP contribution in [0.4, 0.5) is 0 Å². The van der Waals surface area contributed by atoms with Gasteiger partial charge in [-0.05, 0) is 24.5 Å². The number of carbonyl (C=O) groups is 2. The molecule has 0 spiro atoms. The number of aromatic nitrogens is 2. The van der Waals surface area contributed by atoms with Crippen LogP contribution in [0.15, 0.2) is 40.3 Å². The Morgan fingerprint density at radius 3 is 2.63 bits per heavy atom. The molecule has 1 atom stereocenters. The maximum atomic E-state index is 12.2. The minimum Gasteiger partial charge on any atom is -0.469 e. The van der Waals surface area contributed by atoms with Crippen LogP contribution in [0, 0.1) is 0 Å². The summed E-state index contributed by atoms with van der Waals surface area (Å²) < 4.78 is 4.57. The number of hydrogen-bond donors (Lipinski definition) is 2. The molecule has 1 aromatic carbocycles. The largest absolute Gasteiger partial charge is 0.469 e. The second kappa shape index (κ2) is 9.91. The van der Waals surface area contributed by atoms with Crippen molar-refractivity contribution in [2.75, 3.05) is 12.9 Å². The number of H-pyrrole nitrogens is 1. The maximum absolute atomic E-state index is 12.2. The molecule has 0 aliphatic rings. The van der Waals surface area contributed by atoms with Crippen LogP contribution in [-0.4, -0.2) is 34.7 Å². The summed E-state index contributed by atoms with van der Waals surface area (Å²) in [5.41, 5.74) is 2.20. The fraction of sp³-hybridized carbons (Fsp3) is 0.368. The van der Waals surface area contributed by atoms with Crippen LogP contribution < -0.4 is 10.9 Å². The van der Waals surface area contributed by atoms with Crippen molar-refractivity contribution in [2.45, 2.75) is 37.9 Å². The SMILES string of the molecule is CCc1ccc([C@@H](C)NC(=O)CSc2nc(CC(=O)OC)cc(=O)[nH]2)cc1.